The monoisotopic (exact) mass is 470 g/mol. The number of nitrogens with zero attached hydrogens (tertiary/aromatic N) is 2. The highest BCUT2D eigenvalue weighted by Gasteiger charge is 2.77. The standard InChI is InChI=1S/C22H18N2O6S2/c23-11-15-17-18-16(12-24)20(18)22(30-32(27,28)14-9-5-2-6-10-14)21(19(15)17)29-31(25,26)13-7-3-1-4-8-13/h1-10,15-22H/t15-,16+,17+,18-,19+,20-,21-,22+. The molecule has 5 rings (SSSR count). The van der Waals surface area contributed by atoms with Crippen molar-refractivity contribution in [2.45, 2.75) is 22.0 Å². The first-order chi connectivity index (χ1) is 15.3. The van der Waals surface area contributed by atoms with Crippen LogP contribution in [0.2, 0.25) is 0 Å². The van der Waals surface area contributed by atoms with E-state index in [9.17, 15) is 27.4 Å². The van der Waals surface area contributed by atoms with Crippen LogP contribution >= 0.6 is 0 Å². The molecule has 0 amide bonds. The Balaban J connectivity index is 1.52. The Hall–Kier alpha value is -2.76. The number of nitriles is 2. The summed E-state index contributed by atoms with van der Waals surface area (Å²) in [6, 6.07) is 19.3. The van der Waals surface area contributed by atoms with Gasteiger partial charge in [0.25, 0.3) is 20.2 Å². The van der Waals surface area contributed by atoms with Crippen molar-refractivity contribution in [3.05, 3.63) is 60.7 Å². The Morgan fingerprint density at radius 1 is 0.594 bits per heavy atom. The molecule has 3 aliphatic rings. The van der Waals surface area contributed by atoms with E-state index in [1.54, 1.807) is 36.4 Å². The van der Waals surface area contributed by atoms with Crippen LogP contribution in [-0.2, 0) is 28.6 Å². The SMILES string of the molecule is N#C[C@@H]1[C@H]2[C@H]3[C@H](C#N)[C@H]3[C@H](OS(=O)(=O)c3ccccc3)[C@H](OS(=O)(=O)c3ccccc3)[C@@H]12. The third-order valence-electron chi connectivity index (χ3n) is 6.63. The Morgan fingerprint density at radius 2 is 0.938 bits per heavy atom. The minimum atomic E-state index is -4.25. The lowest BCUT2D eigenvalue weighted by Crippen LogP contribution is -2.42. The highest BCUT2D eigenvalue weighted by Crippen LogP contribution is 2.72. The summed E-state index contributed by atoms with van der Waals surface area (Å²) in [5, 5.41) is 19.1. The van der Waals surface area contributed by atoms with E-state index in [-0.39, 0.29) is 21.6 Å². The van der Waals surface area contributed by atoms with Crippen LogP contribution in [0.25, 0.3) is 0 Å². The third-order valence-corrected chi connectivity index (χ3v) is 9.28. The summed E-state index contributed by atoms with van der Waals surface area (Å²) >= 11 is 0. The van der Waals surface area contributed by atoms with Crippen molar-refractivity contribution in [3.8, 4) is 12.1 Å². The van der Waals surface area contributed by atoms with Gasteiger partial charge in [-0.2, -0.15) is 27.4 Å². The van der Waals surface area contributed by atoms with Crippen LogP contribution in [0.1, 0.15) is 0 Å². The Kier molecular flexibility index (Phi) is 4.88. The van der Waals surface area contributed by atoms with Gasteiger partial charge in [-0.15, -0.1) is 0 Å². The smallest absolute Gasteiger partial charge is 0.260 e. The zero-order valence-electron chi connectivity index (χ0n) is 16.6. The Labute approximate surface area is 186 Å². The second kappa shape index (κ2) is 7.39. The molecule has 0 aliphatic heterocycles. The summed E-state index contributed by atoms with van der Waals surface area (Å²) in [5.41, 5.74) is 0. The maximum absolute atomic E-state index is 12.9. The molecule has 0 unspecified atom stereocenters. The van der Waals surface area contributed by atoms with E-state index in [0.29, 0.717) is 0 Å². The maximum atomic E-state index is 12.9. The van der Waals surface area contributed by atoms with E-state index in [0.717, 1.165) is 0 Å². The first-order valence-corrected chi connectivity index (χ1v) is 12.9. The van der Waals surface area contributed by atoms with Crippen LogP contribution in [-0.4, -0.2) is 29.0 Å². The molecule has 32 heavy (non-hydrogen) atoms. The second-order valence-corrected chi connectivity index (χ2v) is 11.4. The maximum Gasteiger partial charge on any atom is 0.297 e. The molecule has 0 bridgehead atoms. The summed E-state index contributed by atoms with van der Waals surface area (Å²) in [5.74, 6) is -2.47. The van der Waals surface area contributed by atoms with Gasteiger partial charge in [0.1, 0.15) is 12.2 Å². The zero-order chi connectivity index (χ0) is 22.7. The van der Waals surface area contributed by atoms with Crippen LogP contribution in [0.4, 0.5) is 0 Å². The van der Waals surface area contributed by atoms with Crippen molar-refractivity contribution in [1.29, 1.82) is 10.5 Å². The molecule has 3 saturated carbocycles. The molecule has 0 saturated heterocycles. The van der Waals surface area contributed by atoms with E-state index >= 15 is 0 Å². The summed E-state index contributed by atoms with van der Waals surface area (Å²) in [4.78, 5) is -0.157. The van der Waals surface area contributed by atoms with E-state index in [4.69, 9.17) is 8.37 Å². The van der Waals surface area contributed by atoms with Gasteiger partial charge >= 0.3 is 0 Å². The number of hydrogen-bond donors (Lipinski definition) is 0. The average Bonchev–Trinajstić information content (AvgIpc) is 3.69. The van der Waals surface area contributed by atoms with Crippen LogP contribution in [0.15, 0.2) is 70.5 Å². The van der Waals surface area contributed by atoms with Gasteiger partial charge in [-0.3, -0.25) is 8.37 Å². The number of rotatable bonds is 6. The van der Waals surface area contributed by atoms with E-state index in [2.05, 4.69) is 12.1 Å². The predicted molar refractivity (Wildman–Crippen MR) is 109 cm³/mol. The van der Waals surface area contributed by atoms with Crippen molar-refractivity contribution in [3.63, 3.8) is 0 Å². The second-order valence-electron chi connectivity index (χ2n) is 8.28. The van der Waals surface area contributed by atoms with Gasteiger partial charge in [0.05, 0.1) is 33.8 Å². The largest absolute Gasteiger partial charge is 0.297 e. The Bertz CT molecular complexity index is 1230. The van der Waals surface area contributed by atoms with Crippen molar-refractivity contribution in [1.82, 2.24) is 0 Å². The third kappa shape index (κ3) is 3.31. The highest BCUT2D eigenvalue weighted by atomic mass is 32.2. The van der Waals surface area contributed by atoms with Gasteiger partial charge in [-0.05, 0) is 36.1 Å². The van der Waals surface area contributed by atoms with Crippen LogP contribution < -0.4 is 0 Å². The number of fused-ring (bicyclic) bond motifs is 3. The summed E-state index contributed by atoms with van der Waals surface area (Å²) < 4.78 is 62.9. The molecule has 3 aliphatic carbocycles. The molecule has 10 heteroatoms. The molecule has 8 nitrogen and oxygen atoms in total. The lowest BCUT2D eigenvalue weighted by atomic mass is 9.95. The summed E-state index contributed by atoms with van der Waals surface area (Å²) in [7, 11) is -8.49. The van der Waals surface area contributed by atoms with Crippen LogP contribution in [0.5, 0.6) is 0 Å². The van der Waals surface area contributed by atoms with Gasteiger partial charge in [-0.1, -0.05) is 36.4 Å². The molecule has 0 radical (unpaired) electrons. The van der Waals surface area contributed by atoms with Gasteiger partial charge in [0.15, 0.2) is 0 Å². The number of benzene rings is 2. The normalized spacial score (nSPS) is 34.9. The highest BCUT2D eigenvalue weighted by molar-refractivity contribution is 7.87. The molecule has 0 heterocycles. The van der Waals surface area contributed by atoms with Gasteiger partial charge in [0, 0.05) is 11.8 Å². The first kappa shape index (κ1) is 21.1. The van der Waals surface area contributed by atoms with E-state index < -0.39 is 56.1 Å². The van der Waals surface area contributed by atoms with Crippen molar-refractivity contribution < 1.29 is 25.2 Å². The zero-order valence-corrected chi connectivity index (χ0v) is 18.2. The Morgan fingerprint density at radius 3 is 1.25 bits per heavy atom. The molecule has 8 atom stereocenters. The van der Waals surface area contributed by atoms with Crippen molar-refractivity contribution in [2.24, 2.45) is 35.5 Å². The molecular weight excluding hydrogens is 452 g/mol. The van der Waals surface area contributed by atoms with E-state index in [1.807, 2.05) is 0 Å². The molecule has 0 N–H and O–H groups in total. The average molecular weight is 471 g/mol. The molecule has 0 spiro atoms. The minimum absolute atomic E-state index is 0.0786. The predicted octanol–water partition coefficient (Wildman–Crippen LogP) is 2.32. The minimum Gasteiger partial charge on any atom is -0.260 e. The molecule has 0 aromatic heterocycles. The van der Waals surface area contributed by atoms with Gasteiger partial charge < -0.3 is 0 Å². The van der Waals surface area contributed by atoms with E-state index in [1.165, 1.54) is 24.3 Å². The van der Waals surface area contributed by atoms with Crippen LogP contribution in [0.3, 0.4) is 0 Å². The molecular formula is C22H18N2O6S2. The van der Waals surface area contributed by atoms with Crippen molar-refractivity contribution >= 4 is 20.2 Å². The fraction of sp³-hybridized carbons (Fsp3) is 0.364. The quantitative estimate of drug-likeness (QED) is 0.587. The van der Waals surface area contributed by atoms with Gasteiger partial charge in [0.2, 0.25) is 0 Å². The lowest BCUT2D eigenvalue weighted by Gasteiger charge is -2.29. The molecule has 3 fully saturated rings. The fourth-order valence-electron chi connectivity index (χ4n) is 5.16. The summed E-state index contributed by atoms with van der Waals surface area (Å²) in [6.07, 6.45) is -2.37. The molecule has 2 aromatic carbocycles. The van der Waals surface area contributed by atoms with Crippen molar-refractivity contribution in [2.75, 3.05) is 0 Å². The first-order valence-electron chi connectivity index (χ1n) is 10.1. The molecule has 2 aromatic rings. The molecule has 164 valence electrons. The number of hydrogen-bond acceptors (Lipinski definition) is 8. The fourth-order valence-corrected chi connectivity index (χ4v) is 7.42. The topological polar surface area (TPSA) is 134 Å². The van der Waals surface area contributed by atoms with Crippen LogP contribution in [0, 0.1) is 58.2 Å². The lowest BCUT2D eigenvalue weighted by molar-refractivity contribution is 0.0120. The van der Waals surface area contributed by atoms with Gasteiger partial charge in [-0.25, -0.2) is 0 Å². The summed E-state index contributed by atoms with van der Waals surface area (Å²) in [6.45, 7) is 0.